The van der Waals surface area contributed by atoms with E-state index in [0.29, 0.717) is 35.8 Å². The van der Waals surface area contributed by atoms with E-state index in [-0.39, 0.29) is 35.7 Å². The summed E-state index contributed by atoms with van der Waals surface area (Å²) < 4.78 is 21.2. The van der Waals surface area contributed by atoms with Crippen LogP contribution in [0.5, 0.6) is 17.2 Å². The lowest BCUT2D eigenvalue weighted by atomic mass is 9.82. The quantitative estimate of drug-likeness (QED) is 0.309. The fourth-order valence-electron chi connectivity index (χ4n) is 4.81. The molecule has 0 saturated carbocycles. The third-order valence-corrected chi connectivity index (χ3v) is 6.81. The molecule has 5 rings (SSSR count). The van der Waals surface area contributed by atoms with Gasteiger partial charge in [0.25, 0.3) is 0 Å². The molecule has 3 aromatic rings. The summed E-state index contributed by atoms with van der Waals surface area (Å²) in [4.78, 5) is 35.9. The van der Waals surface area contributed by atoms with Crippen LogP contribution >= 0.6 is 0 Å². The Morgan fingerprint density at radius 2 is 1.75 bits per heavy atom. The smallest absolute Gasteiger partial charge is 0.341 e. The molecule has 1 fully saturated rings. The minimum absolute atomic E-state index is 0.112. The maximum absolute atomic E-state index is 12.5. The van der Waals surface area contributed by atoms with Gasteiger partial charge in [0.2, 0.25) is 0 Å². The highest BCUT2D eigenvalue weighted by Gasteiger charge is 2.34. The number of esters is 2. The fourth-order valence-corrected chi connectivity index (χ4v) is 4.81. The zero-order valence-electron chi connectivity index (χ0n) is 22.7. The van der Waals surface area contributed by atoms with E-state index in [0.717, 1.165) is 37.2 Å². The van der Waals surface area contributed by atoms with Crippen LogP contribution in [0, 0.1) is 5.92 Å². The molecule has 40 heavy (non-hydrogen) atoms. The second-order valence-electron chi connectivity index (χ2n) is 9.53. The van der Waals surface area contributed by atoms with Crippen molar-refractivity contribution in [2.24, 2.45) is 5.92 Å². The van der Waals surface area contributed by atoms with Crippen LogP contribution in [0.3, 0.4) is 0 Å². The number of aryl methyl sites for hydroxylation is 1. The van der Waals surface area contributed by atoms with Crippen molar-refractivity contribution in [3.05, 3.63) is 65.2 Å². The van der Waals surface area contributed by atoms with Crippen molar-refractivity contribution in [2.75, 3.05) is 19.8 Å². The molecular weight excluding hydrogens is 516 g/mol. The maximum atomic E-state index is 12.5. The molecule has 2 aliphatic rings. The van der Waals surface area contributed by atoms with E-state index in [9.17, 15) is 24.6 Å². The number of ether oxygens (including phenoxy) is 4. The van der Waals surface area contributed by atoms with Crippen molar-refractivity contribution in [1.29, 1.82) is 0 Å². The van der Waals surface area contributed by atoms with Crippen LogP contribution in [0.25, 0.3) is 10.8 Å². The third-order valence-electron chi connectivity index (χ3n) is 6.81. The number of carbonyl (C=O) groups excluding carboxylic acids is 3. The van der Waals surface area contributed by atoms with Crippen LogP contribution in [-0.2, 0) is 25.4 Å². The lowest BCUT2D eigenvalue weighted by Gasteiger charge is -2.25. The number of fused-ring (bicyclic) bond motifs is 2. The van der Waals surface area contributed by atoms with Crippen molar-refractivity contribution in [2.45, 2.75) is 52.2 Å². The summed E-state index contributed by atoms with van der Waals surface area (Å²) in [6, 6.07) is 13.1. The van der Waals surface area contributed by atoms with Gasteiger partial charge in [-0.15, -0.1) is 0 Å². The Morgan fingerprint density at radius 3 is 2.48 bits per heavy atom. The lowest BCUT2D eigenvalue weighted by molar-refractivity contribution is -0.146. The highest BCUT2D eigenvalue weighted by atomic mass is 16.7. The number of phenolic OH excluding ortho intramolecular Hbond substituents is 2. The highest BCUT2D eigenvalue weighted by Crippen LogP contribution is 2.32. The van der Waals surface area contributed by atoms with Gasteiger partial charge < -0.3 is 29.2 Å². The topological polar surface area (TPSA) is 129 Å². The van der Waals surface area contributed by atoms with Gasteiger partial charge in [-0.3, -0.25) is 9.59 Å². The number of ketones is 1. The normalized spacial score (nSPS) is 18.2. The Kier molecular flexibility index (Phi) is 9.60. The fraction of sp³-hybridized carbons (Fsp3) is 0.387. The summed E-state index contributed by atoms with van der Waals surface area (Å²) >= 11 is 0. The molecule has 1 heterocycles. The summed E-state index contributed by atoms with van der Waals surface area (Å²) in [5.41, 5.74) is 1.67. The molecule has 2 N–H and O–H groups in total. The summed E-state index contributed by atoms with van der Waals surface area (Å²) in [7, 11) is 0. The zero-order chi connectivity index (χ0) is 28.6. The second-order valence-corrected chi connectivity index (χ2v) is 9.53. The first-order valence-electron chi connectivity index (χ1n) is 13.6. The number of hydrogen-bond donors (Lipinski definition) is 2. The van der Waals surface area contributed by atoms with E-state index in [1.54, 1.807) is 38.1 Å². The van der Waals surface area contributed by atoms with E-state index in [2.05, 4.69) is 0 Å². The predicted molar refractivity (Wildman–Crippen MR) is 147 cm³/mol. The minimum atomic E-state index is -0.670. The van der Waals surface area contributed by atoms with Crippen LogP contribution in [0.4, 0.5) is 0 Å². The van der Waals surface area contributed by atoms with E-state index in [1.165, 1.54) is 18.2 Å². The maximum Gasteiger partial charge on any atom is 0.341 e. The van der Waals surface area contributed by atoms with Crippen LogP contribution in [0.2, 0.25) is 0 Å². The Balaban J connectivity index is 0.000000194. The Hall–Kier alpha value is -4.11. The van der Waals surface area contributed by atoms with Crippen molar-refractivity contribution >= 4 is 28.5 Å². The molecule has 0 aromatic heterocycles. The molecule has 1 aliphatic carbocycles. The molecule has 2 unspecified atom stereocenters. The first-order chi connectivity index (χ1) is 19.3. The summed E-state index contributed by atoms with van der Waals surface area (Å²) in [5.74, 6) is -1.08. The third kappa shape index (κ3) is 6.71. The SMILES string of the molecule is CCOC(=O)C1CCc2cc(OC3CCCCO3)ccc2C1=O.CCOC(=O)c1ccc2cc(O)ccc2c1O. The van der Waals surface area contributed by atoms with Gasteiger partial charge in [-0.1, -0.05) is 6.07 Å². The molecule has 9 heteroatoms. The van der Waals surface area contributed by atoms with Crippen molar-refractivity contribution in [3.63, 3.8) is 0 Å². The standard InChI is InChI=1S/C18H22O5.C13H12O4/c1-2-21-18(20)15-8-6-12-11-13(7-9-14(12)17(15)19)23-16-5-3-4-10-22-16;1-2-17-13(16)11-5-3-8-7-9(14)4-6-10(8)12(11)15/h7,9,11,15-16H,2-6,8,10H2,1H3;3-7,14-15H,2H2,1H3. The number of aromatic hydroxyl groups is 2. The molecule has 0 bridgehead atoms. The van der Waals surface area contributed by atoms with Gasteiger partial charge in [-0.25, -0.2) is 4.79 Å². The number of carbonyl (C=O) groups is 3. The van der Waals surface area contributed by atoms with Crippen LogP contribution in [0.1, 0.15) is 65.8 Å². The van der Waals surface area contributed by atoms with E-state index < -0.39 is 17.9 Å². The van der Waals surface area contributed by atoms with Gasteiger partial charge in [0.15, 0.2) is 12.1 Å². The summed E-state index contributed by atoms with van der Waals surface area (Å²) in [6.07, 6.45) is 4.04. The molecule has 1 saturated heterocycles. The van der Waals surface area contributed by atoms with Crippen LogP contribution in [-0.4, -0.2) is 54.0 Å². The molecule has 3 aromatic carbocycles. The Labute approximate surface area is 232 Å². The summed E-state index contributed by atoms with van der Waals surface area (Å²) in [5, 5.41) is 20.4. The zero-order valence-corrected chi connectivity index (χ0v) is 22.7. The molecular formula is C31H34O9. The molecule has 0 amide bonds. The van der Waals surface area contributed by atoms with Crippen LogP contribution < -0.4 is 4.74 Å². The molecule has 0 spiro atoms. The van der Waals surface area contributed by atoms with Crippen LogP contribution in [0.15, 0.2) is 48.5 Å². The van der Waals surface area contributed by atoms with Crippen molar-refractivity contribution in [1.82, 2.24) is 0 Å². The molecule has 1 aliphatic heterocycles. The van der Waals surface area contributed by atoms with Gasteiger partial charge in [0.05, 0.1) is 19.8 Å². The van der Waals surface area contributed by atoms with Gasteiger partial charge in [-0.05, 0) is 92.9 Å². The Bertz CT molecular complexity index is 1370. The van der Waals surface area contributed by atoms with Crippen molar-refractivity contribution < 1.29 is 43.5 Å². The first kappa shape index (κ1) is 28.9. The minimum Gasteiger partial charge on any atom is -0.508 e. The largest absolute Gasteiger partial charge is 0.508 e. The second kappa shape index (κ2) is 13.3. The van der Waals surface area contributed by atoms with E-state index >= 15 is 0 Å². The number of benzene rings is 3. The van der Waals surface area contributed by atoms with Gasteiger partial charge in [-0.2, -0.15) is 0 Å². The summed E-state index contributed by atoms with van der Waals surface area (Å²) in [6.45, 7) is 4.73. The highest BCUT2D eigenvalue weighted by molar-refractivity contribution is 6.10. The van der Waals surface area contributed by atoms with Gasteiger partial charge in [0.1, 0.15) is 28.7 Å². The number of phenols is 2. The van der Waals surface area contributed by atoms with Crippen molar-refractivity contribution in [3.8, 4) is 17.2 Å². The van der Waals surface area contributed by atoms with Gasteiger partial charge in [0, 0.05) is 17.4 Å². The number of hydrogen-bond acceptors (Lipinski definition) is 9. The first-order valence-corrected chi connectivity index (χ1v) is 13.6. The lowest BCUT2D eigenvalue weighted by Crippen LogP contribution is -2.31. The molecule has 212 valence electrons. The number of Topliss-reactive ketones (excluding diaryl/α,β-unsaturated/α-hetero) is 1. The molecule has 9 nitrogen and oxygen atoms in total. The monoisotopic (exact) mass is 550 g/mol. The predicted octanol–water partition coefficient (Wildman–Crippen LogP) is 5.33. The molecule has 0 radical (unpaired) electrons. The van der Waals surface area contributed by atoms with Gasteiger partial charge >= 0.3 is 11.9 Å². The molecule has 2 atom stereocenters. The van der Waals surface area contributed by atoms with E-state index in [1.807, 2.05) is 6.07 Å². The number of rotatable bonds is 6. The average molecular weight is 551 g/mol. The van der Waals surface area contributed by atoms with E-state index in [4.69, 9.17) is 18.9 Å². The Morgan fingerprint density at radius 1 is 0.950 bits per heavy atom. The average Bonchev–Trinajstić information content (AvgIpc) is 2.94.